The number of rotatable bonds is 5. The predicted molar refractivity (Wildman–Crippen MR) is 90.6 cm³/mol. The molecule has 1 aromatic carbocycles. The Balaban J connectivity index is 2.02. The number of esters is 1. The summed E-state index contributed by atoms with van der Waals surface area (Å²) in [5.74, 6) is -0.473. The van der Waals surface area contributed by atoms with Crippen molar-refractivity contribution in [3.63, 3.8) is 0 Å². The number of nitrogens with one attached hydrogen (secondary N) is 1. The summed E-state index contributed by atoms with van der Waals surface area (Å²) in [5.41, 5.74) is -0.0682. The van der Waals surface area contributed by atoms with Crippen LogP contribution in [0.15, 0.2) is 24.3 Å². The van der Waals surface area contributed by atoms with Crippen molar-refractivity contribution in [2.75, 3.05) is 12.4 Å². The molecule has 0 bridgehead atoms. The van der Waals surface area contributed by atoms with Gasteiger partial charge in [0.05, 0.1) is 19.0 Å². The first-order chi connectivity index (χ1) is 12.0. The number of ether oxygens (including phenoxy) is 1. The Bertz CT molecular complexity index is 761. The zero-order valence-corrected chi connectivity index (χ0v) is 14.1. The molecular weight excluding hydrogens is 328 g/mol. The number of hydrogen-bond acceptors (Lipinski definition) is 5. The number of carbonyl (C=O) groups is 1. The van der Waals surface area contributed by atoms with E-state index in [0.29, 0.717) is 16.7 Å². The molecule has 0 aliphatic heterocycles. The molecule has 0 atom stereocenters. The molecule has 1 saturated carbocycles. The molecule has 5 nitrogen and oxygen atoms in total. The van der Waals surface area contributed by atoms with Crippen LogP contribution in [0.4, 0.5) is 14.6 Å². The summed E-state index contributed by atoms with van der Waals surface area (Å²) in [6.45, 7) is 0. The van der Waals surface area contributed by atoms with Crippen LogP contribution in [0.1, 0.15) is 50.8 Å². The summed E-state index contributed by atoms with van der Waals surface area (Å²) in [5, 5.41) is 3.98. The van der Waals surface area contributed by atoms with E-state index in [1.807, 2.05) is 6.07 Å². The van der Waals surface area contributed by atoms with E-state index in [0.717, 1.165) is 32.1 Å². The molecule has 0 amide bonds. The first-order valence-corrected chi connectivity index (χ1v) is 8.43. The monoisotopic (exact) mass is 349 g/mol. The number of alkyl halides is 2. The average molecular weight is 349 g/mol. The highest BCUT2D eigenvalue weighted by molar-refractivity contribution is 5.89. The standard InChI is InChI=1S/C18H21F2N3O2/c1-25-14(24)11-18(9-5-2-6-10-18)23-16-12-7-3-4-8-13(12)21-17(22-16)15(19)20/h3-4,7-8,15H,2,5-6,9-11H2,1H3,(H,21,22,23). The Morgan fingerprint density at radius 1 is 1.24 bits per heavy atom. The summed E-state index contributed by atoms with van der Waals surface area (Å²) >= 11 is 0. The van der Waals surface area contributed by atoms with Gasteiger partial charge in [0, 0.05) is 10.9 Å². The number of carbonyl (C=O) groups excluding carboxylic acids is 1. The third kappa shape index (κ3) is 3.86. The molecule has 0 radical (unpaired) electrons. The molecule has 3 rings (SSSR count). The molecule has 1 N–H and O–H groups in total. The maximum absolute atomic E-state index is 13.2. The van der Waals surface area contributed by atoms with E-state index < -0.39 is 17.8 Å². The van der Waals surface area contributed by atoms with Crippen LogP contribution in [-0.2, 0) is 9.53 Å². The lowest BCUT2D eigenvalue weighted by Gasteiger charge is -2.38. The second-order valence-corrected chi connectivity index (χ2v) is 6.47. The molecule has 1 fully saturated rings. The minimum atomic E-state index is -2.76. The zero-order chi connectivity index (χ0) is 17.9. The number of nitrogens with zero attached hydrogens (tertiary/aromatic N) is 2. The van der Waals surface area contributed by atoms with Crippen molar-refractivity contribution in [1.29, 1.82) is 0 Å². The summed E-state index contributed by atoms with van der Waals surface area (Å²) in [6, 6.07) is 7.04. The second kappa shape index (κ2) is 7.29. The number of anilines is 1. The molecule has 1 aliphatic carbocycles. The van der Waals surface area contributed by atoms with Gasteiger partial charge in [0.25, 0.3) is 6.43 Å². The summed E-state index contributed by atoms with van der Waals surface area (Å²) in [6.07, 6.45) is 2.00. The predicted octanol–water partition coefficient (Wildman–Crippen LogP) is 4.25. The van der Waals surface area contributed by atoms with Crippen molar-refractivity contribution in [2.45, 2.75) is 50.5 Å². The highest BCUT2D eigenvalue weighted by atomic mass is 19.3. The number of fused-ring (bicyclic) bond motifs is 1. The van der Waals surface area contributed by atoms with Gasteiger partial charge >= 0.3 is 5.97 Å². The summed E-state index contributed by atoms with van der Waals surface area (Å²) in [4.78, 5) is 19.9. The quantitative estimate of drug-likeness (QED) is 0.818. The number of para-hydroxylation sites is 1. The topological polar surface area (TPSA) is 64.1 Å². The molecule has 134 valence electrons. The molecule has 1 aliphatic rings. The zero-order valence-electron chi connectivity index (χ0n) is 14.1. The van der Waals surface area contributed by atoms with E-state index in [9.17, 15) is 13.6 Å². The van der Waals surface area contributed by atoms with Crippen molar-refractivity contribution in [3.8, 4) is 0 Å². The second-order valence-electron chi connectivity index (χ2n) is 6.47. The molecular formula is C18H21F2N3O2. The largest absolute Gasteiger partial charge is 0.469 e. The molecule has 1 heterocycles. The Morgan fingerprint density at radius 3 is 2.64 bits per heavy atom. The lowest BCUT2D eigenvalue weighted by Crippen LogP contribution is -2.43. The van der Waals surface area contributed by atoms with Gasteiger partial charge in [0.15, 0.2) is 5.82 Å². The van der Waals surface area contributed by atoms with Crippen molar-refractivity contribution >= 4 is 22.7 Å². The van der Waals surface area contributed by atoms with Crippen molar-refractivity contribution in [3.05, 3.63) is 30.1 Å². The third-order valence-electron chi connectivity index (χ3n) is 4.72. The highest BCUT2D eigenvalue weighted by Crippen LogP contribution is 2.36. The molecule has 0 spiro atoms. The smallest absolute Gasteiger partial charge is 0.307 e. The van der Waals surface area contributed by atoms with E-state index in [1.165, 1.54) is 7.11 Å². The van der Waals surface area contributed by atoms with Crippen LogP contribution >= 0.6 is 0 Å². The molecule has 0 saturated heterocycles. The van der Waals surface area contributed by atoms with Crippen LogP contribution in [0.5, 0.6) is 0 Å². The molecule has 1 aromatic heterocycles. The van der Waals surface area contributed by atoms with Gasteiger partial charge in [-0.1, -0.05) is 31.4 Å². The van der Waals surface area contributed by atoms with Gasteiger partial charge in [-0.15, -0.1) is 0 Å². The number of hydrogen-bond donors (Lipinski definition) is 1. The molecule has 0 unspecified atom stereocenters. The minimum absolute atomic E-state index is 0.186. The fourth-order valence-corrected chi connectivity index (χ4v) is 3.46. The Kier molecular flexibility index (Phi) is 5.11. The maximum Gasteiger partial charge on any atom is 0.307 e. The van der Waals surface area contributed by atoms with Gasteiger partial charge in [-0.25, -0.2) is 18.7 Å². The average Bonchev–Trinajstić information content (AvgIpc) is 2.62. The van der Waals surface area contributed by atoms with Crippen molar-refractivity contribution < 1.29 is 18.3 Å². The Hall–Kier alpha value is -2.31. The number of halogens is 2. The van der Waals surface area contributed by atoms with Crippen LogP contribution in [0.3, 0.4) is 0 Å². The van der Waals surface area contributed by atoms with E-state index in [-0.39, 0.29) is 12.4 Å². The van der Waals surface area contributed by atoms with Gasteiger partial charge in [-0.05, 0) is 25.0 Å². The van der Waals surface area contributed by atoms with Gasteiger partial charge < -0.3 is 10.1 Å². The summed E-state index contributed by atoms with van der Waals surface area (Å²) < 4.78 is 31.2. The van der Waals surface area contributed by atoms with Gasteiger partial charge in [0.1, 0.15) is 5.82 Å². The first kappa shape index (κ1) is 17.5. The number of aromatic nitrogens is 2. The Morgan fingerprint density at radius 2 is 1.96 bits per heavy atom. The van der Waals surface area contributed by atoms with E-state index in [1.54, 1.807) is 18.2 Å². The van der Waals surface area contributed by atoms with E-state index in [2.05, 4.69) is 15.3 Å². The van der Waals surface area contributed by atoms with Gasteiger partial charge in [-0.2, -0.15) is 0 Å². The minimum Gasteiger partial charge on any atom is -0.469 e. The van der Waals surface area contributed by atoms with Crippen LogP contribution in [-0.4, -0.2) is 28.6 Å². The van der Waals surface area contributed by atoms with Gasteiger partial charge in [-0.3, -0.25) is 4.79 Å². The van der Waals surface area contributed by atoms with E-state index in [4.69, 9.17) is 4.74 Å². The van der Waals surface area contributed by atoms with Crippen molar-refractivity contribution in [1.82, 2.24) is 9.97 Å². The fourth-order valence-electron chi connectivity index (χ4n) is 3.46. The van der Waals surface area contributed by atoms with Crippen LogP contribution in [0.25, 0.3) is 10.9 Å². The van der Waals surface area contributed by atoms with Crippen LogP contribution in [0.2, 0.25) is 0 Å². The molecule has 7 heteroatoms. The normalized spacial score (nSPS) is 16.8. The lowest BCUT2D eigenvalue weighted by atomic mass is 9.79. The Labute approximate surface area is 144 Å². The van der Waals surface area contributed by atoms with E-state index >= 15 is 0 Å². The highest BCUT2D eigenvalue weighted by Gasteiger charge is 2.35. The first-order valence-electron chi connectivity index (χ1n) is 8.43. The lowest BCUT2D eigenvalue weighted by molar-refractivity contribution is -0.142. The van der Waals surface area contributed by atoms with Gasteiger partial charge in [0.2, 0.25) is 0 Å². The van der Waals surface area contributed by atoms with Crippen molar-refractivity contribution in [2.24, 2.45) is 0 Å². The third-order valence-corrected chi connectivity index (χ3v) is 4.72. The maximum atomic E-state index is 13.2. The SMILES string of the molecule is COC(=O)CC1(Nc2nc(C(F)F)nc3ccccc23)CCCCC1. The summed E-state index contributed by atoms with van der Waals surface area (Å²) in [7, 11) is 1.36. The fraction of sp³-hybridized carbons (Fsp3) is 0.500. The number of methoxy groups -OCH3 is 1. The molecule has 2 aromatic rings. The number of benzene rings is 1. The van der Waals surface area contributed by atoms with Crippen LogP contribution in [0, 0.1) is 0 Å². The molecule has 25 heavy (non-hydrogen) atoms. The van der Waals surface area contributed by atoms with Crippen LogP contribution < -0.4 is 5.32 Å².